The molecule has 2 aromatic rings. The lowest BCUT2D eigenvalue weighted by atomic mass is 10.1. The molecule has 2 rings (SSSR count). The van der Waals surface area contributed by atoms with Gasteiger partial charge in [0.25, 0.3) is 0 Å². The molecule has 0 aliphatic heterocycles. The smallest absolute Gasteiger partial charge is 0.122 e. The lowest BCUT2D eigenvalue weighted by molar-refractivity contribution is 0.111. The van der Waals surface area contributed by atoms with Gasteiger partial charge in [0.15, 0.2) is 0 Å². The third-order valence-electron chi connectivity index (χ3n) is 3.69. The van der Waals surface area contributed by atoms with Gasteiger partial charge in [-0.05, 0) is 30.2 Å². The highest BCUT2D eigenvalue weighted by Crippen LogP contribution is 2.19. The van der Waals surface area contributed by atoms with Crippen molar-refractivity contribution in [3.63, 3.8) is 0 Å². The zero-order valence-corrected chi connectivity index (χ0v) is 13.8. The van der Waals surface area contributed by atoms with E-state index in [0.717, 1.165) is 23.4 Å². The molecule has 0 radical (unpaired) electrons. The number of nitrogens with zero attached hydrogens (tertiary/aromatic N) is 1. The van der Waals surface area contributed by atoms with Gasteiger partial charge in [0.1, 0.15) is 18.5 Å². The zero-order chi connectivity index (χ0) is 17.2. The fourth-order valence-corrected chi connectivity index (χ4v) is 2.55. The minimum atomic E-state index is -0.659. The Hall–Kier alpha value is -2.30. The SMILES string of the molecule is C=CCc1ccccc1OCC(O)CN(CCO)c1ccccc1. The molecule has 2 N–H and O–H groups in total. The number of rotatable bonds is 10. The molecule has 0 aromatic heterocycles. The minimum absolute atomic E-state index is 0.0324. The van der Waals surface area contributed by atoms with E-state index in [2.05, 4.69) is 6.58 Å². The van der Waals surface area contributed by atoms with E-state index in [1.165, 1.54) is 0 Å². The Morgan fingerprint density at radius 1 is 1.08 bits per heavy atom. The van der Waals surface area contributed by atoms with Gasteiger partial charge in [0.2, 0.25) is 0 Å². The van der Waals surface area contributed by atoms with E-state index >= 15 is 0 Å². The number of anilines is 1. The summed E-state index contributed by atoms with van der Waals surface area (Å²) in [6.07, 6.45) is 1.90. The van der Waals surface area contributed by atoms with E-state index in [4.69, 9.17) is 4.74 Å². The fraction of sp³-hybridized carbons (Fsp3) is 0.300. The van der Waals surface area contributed by atoms with Crippen LogP contribution < -0.4 is 9.64 Å². The minimum Gasteiger partial charge on any atom is -0.491 e. The van der Waals surface area contributed by atoms with Crippen molar-refractivity contribution in [1.29, 1.82) is 0 Å². The summed E-state index contributed by atoms with van der Waals surface area (Å²) >= 11 is 0. The molecule has 0 aliphatic carbocycles. The lowest BCUT2D eigenvalue weighted by Gasteiger charge is -2.26. The molecule has 2 aromatic carbocycles. The van der Waals surface area contributed by atoms with Gasteiger partial charge >= 0.3 is 0 Å². The predicted octanol–water partition coefficient (Wildman–Crippen LogP) is 2.65. The fourth-order valence-electron chi connectivity index (χ4n) is 2.55. The molecule has 1 unspecified atom stereocenters. The van der Waals surface area contributed by atoms with E-state index in [0.29, 0.717) is 13.1 Å². The molecule has 128 valence electrons. The molecule has 0 bridgehead atoms. The van der Waals surface area contributed by atoms with Crippen LogP contribution in [0.2, 0.25) is 0 Å². The maximum absolute atomic E-state index is 10.3. The van der Waals surface area contributed by atoms with Crippen LogP contribution in [0.3, 0.4) is 0 Å². The van der Waals surface area contributed by atoms with Crippen molar-refractivity contribution in [2.24, 2.45) is 0 Å². The summed E-state index contributed by atoms with van der Waals surface area (Å²) in [5.74, 6) is 0.768. The summed E-state index contributed by atoms with van der Waals surface area (Å²) in [7, 11) is 0. The molecule has 0 heterocycles. The quantitative estimate of drug-likeness (QED) is 0.659. The average Bonchev–Trinajstić information content (AvgIpc) is 2.62. The van der Waals surface area contributed by atoms with Crippen LogP contribution in [0.25, 0.3) is 0 Å². The first-order valence-corrected chi connectivity index (χ1v) is 8.15. The molecule has 0 spiro atoms. The van der Waals surface area contributed by atoms with Crippen LogP contribution in [-0.2, 0) is 6.42 Å². The normalized spacial score (nSPS) is 11.8. The number of ether oxygens (including phenoxy) is 1. The zero-order valence-electron chi connectivity index (χ0n) is 13.8. The summed E-state index contributed by atoms with van der Waals surface area (Å²) in [5, 5.41) is 19.6. The first kappa shape index (κ1) is 18.0. The highest BCUT2D eigenvalue weighted by molar-refractivity contribution is 5.46. The monoisotopic (exact) mass is 327 g/mol. The van der Waals surface area contributed by atoms with Crippen molar-refractivity contribution in [2.75, 3.05) is 31.2 Å². The Bertz CT molecular complexity index is 615. The number of hydrogen-bond donors (Lipinski definition) is 2. The molecule has 4 heteroatoms. The van der Waals surface area contributed by atoms with Gasteiger partial charge < -0.3 is 19.8 Å². The van der Waals surface area contributed by atoms with Crippen LogP contribution in [0.1, 0.15) is 5.56 Å². The van der Waals surface area contributed by atoms with E-state index < -0.39 is 6.10 Å². The van der Waals surface area contributed by atoms with E-state index in [1.54, 1.807) is 0 Å². The third kappa shape index (κ3) is 5.41. The second-order valence-electron chi connectivity index (χ2n) is 5.57. The first-order valence-electron chi connectivity index (χ1n) is 8.15. The van der Waals surface area contributed by atoms with Crippen molar-refractivity contribution in [3.8, 4) is 5.75 Å². The average molecular weight is 327 g/mol. The van der Waals surface area contributed by atoms with Crippen molar-refractivity contribution in [2.45, 2.75) is 12.5 Å². The van der Waals surface area contributed by atoms with Gasteiger partial charge in [-0.25, -0.2) is 0 Å². The van der Waals surface area contributed by atoms with Gasteiger partial charge in [-0.2, -0.15) is 0 Å². The highest BCUT2D eigenvalue weighted by atomic mass is 16.5. The second kappa shape index (κ2) is 9.75. The Labute approximate surface area is 143 Å². The number of para-hydroxylation sites is 2. The molecule has 0 fully saturated rings. The maximum Gasteiger partial charge on any atom is 0.122 e. The highest BCUT2D eigenvalue weighted by Gasteiger charge is 2.13. The largest absolute Gasteiger partial charge is 0.491 e. The van der Waals surface area contributed by atoms with Crippen LogP contribution in [0.15, 0.2) is 67.3 Å². The van der Waals surface area contributed by atoms with Crippen molar-refractivity contribution in [3.05, 3.63) is 72.8 Å². The summed E-state index contributed by atoms with van der Waals surface area (Å²) in [6, 6.07) is 17.5. The summed E-state index contributed by atoms with van der Waals surface area (Å²) in [5.41, 5.74) is 2.02. The number of benzene rings is 2. The van der Waals surface area contributed by atoms with Gasteiger partial charge in [0, 0.05) is 18.8 Å². The Balaban J connectivity index is 1.94. The number of aliphatic hydroxyl groups excluding tert-OH is 2. The Morgan fingerprint density at radius 2 is 1.79 bits per heavy atom. The molecular formula is C20H25NO3. The summed E-state index contributed by atoms with van der Waals surface area (Å²) < 4.78 is 5.78. The van der Waals surface area contributed by atoms with Crippen LogP contribution in [0.5, 0.6) is 5.75 Å². The number of aliphatic hydroxyl groups is 2. The Morgan fingerprint density at radius 3 is 2.50 bits per heavy atom. The number of allylic oxidation sites excluding steroid dienone is 1. The Kier molecular flexibility index (Phi) is 7.33. The van der Waals surface area contributed by atoms with Crippen molar-refractivity contribution < 1.29 is 14.9 Å². The van der Waals surface area contributed by atoms with Crippen LogP contribution in [0, 0.1) is 0 Å². The van der Waals surface area contributed by atoms with E-state index in [9.17, 15) is 10.2 Å². The standard InChI is InChI=1S/C20H25NO3/c1-2-8-17-9-6-7-12-20(17)24-16-19(23)15-21(13-14-22)18-10-4-3-5-11-18/h2-7,9-12,19,22-23H,1,8,13-16H2. The summed E-state index contributed by atoms with van der Waals surface area (Å²) in [6.45, 7) is 4.84. The topological polar surface area (TPSA) is 52.9 Å². The van der Waals surface area contributed by atoms with Crippen LogP contribution in [0.4, 0.5) is 5.69 Å². The molecular weight excluding hydrogens is 302 g/mol. The molecule has 1 atom stereocenters. The second-order valence-corrected chi connectivity index (χ2v) is 5.57. The summed E-state index contributed by atoms with van der Waals surface area (Å²) in [4.78, 5) is 1.95. The van der Waals surface area contributed by atoms with Crippen molar-refractivity contribution >= 4 is 5.69 Å². The molecule has 0 amide bonds. The number of hydrogen-bond acceptors (Lipinski definition) is 4. The molecule has 0 saturated carbocycles. The van der Waals surface area contributed by atoms with Crippen LogP contribution in [-0.4, -0.2) is 42.6 Å². The predicted molar refractivity (Wildman–Crippen MR) is 97.6 cm³/mol. The van der Waals surface area contributed by atoms with Crippen molar-refractivity contribution in [1.82, 2.24) is 0 Å². The maximum atomic E-state index is 10.3. The van der Waals surface area contributed by atoms with Gasteiger partial charge in [-0.3, -0.25) is 0 Å². The molecule has 0 saturated heterocycles. The van der Waals surface area contributed by atoms with Gasteiger partial charge in [0.05, 0.1) is 6.61 Å². The molecule has 0 aliphatic rings. The van der Waals surface area contributed by atoms with Crippen LogP contribution >= 0.6 is 0 Å². The lowest BCUT2D eigenvalue weighted by Crippen LogP contribution is -2.37. The van der Waals surface area contributed by atoms with E-state index in [1.807, 2.05) is 65.6 Å². The van der Waals surface area contributed by atoms with Gasteiger partial charge in [-0.15, -0.1) is 6.58 Å². The van der Waals surface area contributed by atoms with Gasteiger partial charge in [-0.1, -0.05) is 42.5 Å². The first-order chi connectivity index (χ1) is 11.7. The molecule has 24 heavy (non-hydrogen) atoms. The third-order valence-corrected chi connectivity index (χ3v) is 3.69. The molecule has 4 nitrogen and oxygen atoms in total. The van der Waals surface area contributed by atoms with E-state index in [-0.39, 0.29) is 13.2 Å².